The number of carbonyl (C=O) groups is 2. The first-order valence-electron chi connectivity index (χ1n) is 9.94. The average molecular weight is 423 g/mol. The fourth-order valence-corrected chi connectivity index (χ4v) is 3.06. The number of hydrogen-bond acceptors (Lipinski definition) is 5. The van der Waals surface area contributed by atoms with Gasteiger partial charge in [0, 0.05) is 36.9 Å². The number of pyridine rings is 2. The summed E-state index contributed by atoms with van der Waals surface area (Å²) in [5, 5.41) is 18.9. The number of hydrogen-bond donors (Lipinski definition) is 4. The number of fused-ring (bicyclic) bond motifs is 1. The predicted octanol–water partition coefficient (Wildman–Crippen LogP) is 1.59. The average Bonchev–Trinajstić information content (AvgIpc) is 2.74. The number of aromatic hydroxyl groups is 1. The summed E-state index contributed by atoms with van der Waals surface area (Å²) in [6, 6.07) is 10.8. The molecule has 0 aliphatic carbocycles. The van der Waals surface area contributed by atoms with Crippen LogP contribution in [0, 0.1) is 0 Å². The molecule has 2 aromatic heterocycles. The summed E-state index contributed by atoms with van der Waals surface area (Å²) in [5.41, 5.74) is 0.476. The molecule has 2 heterocycles. The van der Waals surface area contributed by atoms with E-state index in [0.29, 0.717) is 6.54 Å². The van der Waals surface area contributed by atoms with Crippen molar-refractivity contribution in [3.05, 3.63) is 70.4 Å². The third-order valence-electron chi connectivity index (χ3n) is 4.53. The summed E-state index contributed by atoms with van der Waals surface area (Å²) in [5.74, 6) is -0.955. The minimum Gasteiger partial charge on any atom is -0.505 e. The van der Waals surface area contributed by atoms with Gasteiger partial charge in [-0.25, -0.2) is 9.78 Å². The third kappa shape index (κ3) is 5.39. The Morgan fingerprint density at radius 3 is 2.48 bits per heavy atom. The second kappa shape index (κ2) is 9.75. The Morgan fingerprint density at radius 2 is 1.77 bits per heavy atom. The van der Waals surface area contributed by atoms with Gasteiger partial charge in [-0.05, 0) is 25.5 Å². The van der Waals surface area contributed by atoms with Crippen LogP contribution in [0.1, 0.15) is 29.9 Å². The molecule has 0 aliphatic heterocycles. The Kier molecular flexibility index (Phi) is 6.86. The molecule has 31 heavy (non-hydrogen) atoms. The zero-order valence-corrected chi connectivity index (χ0v) is 17.4. The Labute approximate surface area is 179 Å². The van der Waals surface area contributed by atoms with Crippen LogP contribution in [0.15, 0.2) is 53.6 Å². The van der Waals surface area contributed by atoms with E-state index < -0.39 is 5.91 Å². The number of amides is 3. The van der Waals surface area contributed by atoms with Crippen LogP contribution < -0.4 is 21.5 Å². The van der Waals surface area contributed by atoms with Crippen molar-refractivity contribution >= 4 is 22.7 Å². The van der Waals surface area contributed by atoms with Gasteiger partial charge in [0.05, 0.1) is 11.9 Å². The van der Waals surface area contributed by atoms with E-state index >= 15 is 0 Å². The second-order valence-electron chi connectivity index (χ2n) is 7.33. The van der Waals surface area contributed by atoms with Crippen molar-refractivity contribution in [2.75, 3.05) is 13.1 Å². The standard InChI is InChI=1S/C22H25N5O4/c1-14(2)26-22(31)24-10-9-23-20(29)18-19(28)16-8-11-27(21(30)17(16)12-25-18)13-15-6-4-3-5-7-15/h3-8,11-12,14,28H,9-10,13H2,1-2H3,(H,23,29)(H2,24,26,31). The molecule has 0 bridgehead atoms. The van der Waals surface area contributed by atoms with E-state index in [2.05, 4.69) is 20.9 Å². The number of carbonyl (C=O) groups excluding carboxylic acids is 2. The monoisotopic (exact) mass is 423 g/mol. The highest BCUT2D eigenvalue weighted by atomic mass is 16.3. The van der Waals surface area contributed by atoms with Crippen molar-refractivity contribution in [1.82, 2.24) is 25.5 Å². The normalized spacial score (nSPS) is 10.8. The summed E-state index contributed by atoms with van der Waals surface area (Å²) >= 11 is 0. The van der Waals surface area contributed by atoms with Gasteiger partial charge in [-0.2, -0.15) is 0 Å². The Balaban J connectivity index is 1.70. The zero-order valence-electron chi connectivity index (χ0n) is 17.4. The van der Waals surface area contributed by atoms with Gasteiger partial charge in [-0.1, -0.05) is 30.3 Å². The van der Waals surface area contributed by atoms with Crippen LogP contribution in [-0.4, -0.2) is 45.7 Å². The van der Waals surface area contributed by atoms with Gasteiger partial charge in [-0.3, -0.25) is 9.59 Å². The van der Waals surface area contributed by atoms with Gasteiger partial charge in [0.1, 0.15) is 0 Å². The molecule has 0 fully saturated rings. The molecule has 0 radical (unpaired) electrons. The number of aromatic nitrogens is 2. The van der Waals surface area contributed by atoms with Crippen molar-refractivity contribution in [3.63, 3.8) is 0 Å². The van der Waals surface area contributed by atoms with Gasteiger partial charge in [0.2, 0.25) is 0 Å². The van der Waals surface area contributed by atoms with Crippen LogP contribution in [0.4, 0.5) is 4.79 Å². The van der Waals surface area contributed by atoms with Crippen LogP contribution in [0.5, 0.6) is 5.75 Å². The fraction of sp³-hybridized carbons (Fsp3) is 0.273. The van der Waals surface area contributed by atoms with E-state index in [9.17, 15) is 19.5 Å². The maximum absolute atomic E-state index is 12.8. The summed E-state index contributed by atoms with van der Waals surface area (Å²) in [7, 11) is 0. The molecule has 0 saturated heterocycles. The van der Waals surface area contributed by atoms with Crippen LogP contribution >= 0.6 is 0 Å². The summed E-state index contributed by atoms with van der Waals surface area (Å²) in [6.45, 7) is 4.43. The van der Waals surface area contributed by atoms with Crippen molar-refractivity contribution in [2.24, 2.45) is 0 Å². The largest absolute Gasteiger partial charge is 0.505 e. The lowest BCUT2D eigenvalue weighted by Crippen LogP contribution is -2.42. The van der Waals surface area contributed by atoms with Crippen LogP contribution in [0.3, 0.4) is 0 Å². The molecule has 4 N–H and O–H groups in total. The summed E-state index contributed by atoms with van der Waals surface area (Å²) in [6.07, 6.45) is 2.87. The molecule has 0 saturated carbocycles. The Morgan fingerprint density at radius 1 is 1.06 bits per heavy atom. The molecule has 0 unspecified atom stereocenters. The van der Waals surface area contributed by atoms with Crippen molar-refractivity contribution < 1.29 is 14.7 Å². The van der Waals surface area contributed by atoms with Crippen LogP contribution in [0.25, 0.3) is 10.8 Å². The highest BCUT2D eigenvalue weighted by molar-refractivity contribution is 6.01. The quantitative estimate of drug-likeness (QED) is 0.430. The maximum atomic E-state index is 12.8. The summed E-state index contributed by atoms with van der Waals surface area (Å²) in [4.78, 5) is 40.7. The molecule has 9 heteroatoms. The molecule has 0 atom stereocenters. The Hall–Kier alpha value is -3.88. The number of nitrogens with zero attached hydrogens (tertiary/aromatic N) is 2. The zero-order chi connectivity index (χ0) is 22.4. The minimum absolute atomic E-state index is 0.00520. The maximum Gasteiger partial charge on any atom is 0.315 e. The molecule has 0 spiro atoms. The lowest BCUT2D eigenvalue weighted by molar-refractivity contribution is 0.0946. The number of nitrogens with one attached hydrogen (secondary N) is 3. The third-order valence-corrected chi connectivity index (χ3v) is 4.53. The Bertz CT molecular complexity index is 1140. The molecule has 3 amide bonds. The van der Waals surface area contributed by atoms with Crippen molar-refractivity contribution in [1.29, 1.82) is 0 Å². The SMILES string of the molecule is CC(C)NC(=O)NCCNC(=O)c1ncc2c(=O)n(Cc3ccccc3)ccc2c1O. The number of urea groups is 1. The van der Waals surface area contributed by atoms with Gasteiger partial charge in [0.25, 0.3) is 11.5 Å². The van der Waals surface area contributed by atoms with Gasteiger partial charge in [-0.15, -0.1) is 0 Å². The van der Waals surface area contributed by atoms with Gasteiger partial charge < -0.3 is 25.6 Å². The predicted molar refractivity (Wildman–Crippen MR) is 117 cm³/mol. The van der Waals surface area contributed by atoms with Crippen molar-refractivity contribution in [3.8, 4) is 5.75 Å². The molecule has 1 aromatic carbocycles. The number of rotatable bonds is 7. The van der Waals surface area contributed by atoms with Crippen LogP contribution in [-0.2, 0) is 6.54 Å². The first-order chi connectivity index (χ1) is 14.9. The van der Waals surface area contributed by atoms with E-state index in [0.717, 1.165) is 5.56 Å². The molecule has 3 aromatic rings. The lowest BCUT2D eigenvalue weighted by atomic mass is 10.1. The topological polar surface area (TPSA) is 125 Å². The molecular formula is C22H25N5O4. The van der Waals surface area contributed by atoms with Crippen LogP contribution in [0.2, 0.25) is 0 Å². The van der Waals surface area contributed by atoms with Gasteiger partial charge in [0.15, 0.2) is 11.4 Å². The van der Waals surface area contributed by atoms with Crippen molar-refractivity contribution in [2.45, 2.75) is 26.4 Å². The van der Waals surface area contributed by atoms with Gasteiger partial charge >= 0.3 is 6.03 Å². The first-order valence-corrected chi connectivity index (χ1v) is 9.94. The summed E-state index contributed by atoms with van der Waals surface area (Å²) < 4.78 is 1.52. The van der Waals surface area contributed by atoms with E-state index in [1.807, 2.05) is 44.2 Å². The van der Waals surface area contributed by atoms with E-state index in [4.69, 9.17) is 0 Å². The number of benzene rings is 1. The van der Waals surface area contributed by atoms with E-state index in [1.54, 1.807) is 12.3 Å². The lowest BCUT2D eigenvalue weighted by Gasteiger charge is -2.12. The molecule has 3 rings (SSSR count). The van der Waals surface area contributed by atoms with E-state index in [-0.39, 0.29) is 52.9 Å². The fourth-order valence-electron chi connectivity index (χ4n) is 3.06. The highest BCUT2D eigenvalue weighted by Crippen LogP contribution is 2.24. The molecular weight excluding hydrogens is 398 g/mol. The molecule has 0 aliphatic rings. The smallest absolute Gasteiger partial charge is 0.315 e. The first kappa shape index (κ1) is 21.8. The van der Waals surface area contributed by atoms with E-state index in [1.165, 1.54) is 10.8 Å². The molecule has 9 nitrogen and oxygen atoms in total. The molecule has 162 valence electrons. The second-order valence-corrected chi connectivity index (χ2v) is 7.33. The minimum atomic E-state index is -0.598. The highest BCUT2D eigenvalue weighted by Gasteiger charge is 2.17.